The Morgan fingerprint density at radius 2 is 2.33 bits per heavy atom. The van der Waals surface area contributed by atoms with Crippen LogP contribution in [0.1, 0.15) is 26.2 Å². The first kappa shape index (κ1) is 19.2. The molecule has 0 radical (unpaired) electrons. The number of nitrogens with one attached hydrogen (secondary N) is 2. The van der Waals surface area contributed by atoms with Crippen LogP contribution in [0.25, 0.3) is 0 Å². The zero-order chi connectivity index (χ0) is 17.7. The van der Waals surface area contributed by atoms with Crippen molar-refractivity contribution in [2.75, 3.05) is 18.4 Å². The molecule has 132 valence electrons. The van der Waals surface area contributed by atoms with Crippen molar-refractivity contribution in [3.05, 3.63) is 23.0 Å². The molecule has 1 heterocycles. The lowest BCUT2D eigenvalue weighted by molar-refractivity contribution is -0.136. The zero-order valence-corrected chi connectivity index (χ0v) is 15.5. The summed E-state index contributed by atoms with van der Waals surface area (Å²) in [5, 5.41) is 13.7. The average Bonchev–Trinajstić information content (AvgIpc) is 2.56. The fraction of sp³-hybridized carbons (Fsp3) is 0.467. The summed E-state index contributed by atoms with van der Waals surface area (Å²) in [6.07, 6.45) is 2.52. The largest absolute Gasteiger partial charge is 0.480 e. The highest BCUT2D eigenvalue weighted by Gasteiger charge is 2.20. The molecule has 1 unspecified atom stereocenters. The summed E-state index contributed by atoms with van der Waals surface area (Å²) in [6.45, 7) is 3.35. The molecule has 2 rings (SSSR count). The van der Waals surface area contributed by atoms with E-state index in [2.05, 4.69) is 10.7 Å². The molecule has 0 amide bonds. The number of benzene rings is 1. The summed E-state index contributed by atoms with van der Waals surface area (Å²) in [5.41, 5.74) is 3.32. The molecule has 1 aliphatic rings. The van der Waals surface area contributed by atoms with E-state index in [-0.39, 0.29) is 10.7 Å². The smallest absolute Gasteiger partial charge is 0.316 e. The second-order valence-corrected chi connectivity index (χ2v) is 7.35. The maximum Gasteiger partial charge on any atom is 0.316 e. The highest BCUT2D eigenvalue weighted by molar-refractivity contribution is 8.00. The molecular weight excluding hydrogens is 373 g/mol. The van der Waals surface area contributed by atoms with Crippen LogP contribution in [0.3, 0.4) is 0 Å². The van der Waals surface area contributed by atoms with Crippen molar-refractivity contribution in [3.8, 4) is 0 Å². The molecule has 0 spiro atoms. The van der Waals surface area contributed by atoms with Gasteiger partial charge in [0.1, 0.15) is 11.1 Å². The Bertz CT molecular complexity index is 627. The number of anilines is 1. The van der Waals surface area contributed by atoms with Gasteiger partial charge in [0, 0.05) is 18.0 Å². The topological polar surface area (TPSA) is 64.6 Å². The van der Waals surface area contributed by atoms with Gasteiger partial charge in [-0.3, -0.25) is 9.80 Å². The number of thioether (sulfide) groups is 1. The van der Waals surface area contributed by atoms with Gasteiger partial charge in [-0.25, -0.2) is 9.82 Å². The van der Waals surface area contributed by atoms with Gasteiger partial charge in [-0.2, -0.15) is 0 Å². The number of carboxylic acids is 1. The van der Waals surface area contributed by atoms with Gasteiger partial charge in [0.05, 0.1) is 10.7 Å². The normalized spacial score (nSPS) is 15.9. The van der Waals surface area contributed by atoms with Gasteiger partial charge in [0.2, 0.25) is 0 Å². The molecule has 9 heteroatoms. The van der Waals surface area contributed by atoms with E-state index in [1.807, 2.05) is 0 Å². The Kier molecular flexibility index (Phi) is 7.09. The molecule has 0 saturated carbocycles. The third-order valence-electron chi connectivity index (χ3n) is 3.53. The summed E-state index contributed by atoms with van der Waals surface area (Å²) in [7, 11) is 0. The van der Waals surface area contributed by atoms with E-state index in [1.165, 1.54) is 12.1 Å². The maximum atomic E-state index is 14.2. The second kappa shape index (κ2) is 8.84. The Morgan fingerprint density at radius 3 is 2.92 bits per heavy atom. The molecular formula is C15H19ClFN3O2S2. The van der Waals surface area contributed by atoms with Gasteiger partial charge in [-0.05, 0) is 43.6 Å². The number of halogens is 2. The highest BCUT2D eigenvalue weighted by Crippen LogP contribution is 2.35. The molecule has 1 aromatic rings. The van der Waals surface area contributed by atoms with Gasteiger partial charge in [-0.15, -0.1) is 11.8 Å². The number of aliphatic carboxylic acids is 1. The minimum atomic E-state index is -0.926. The van der Waals surface area contributed by atoms with Crippen LogP contribution < -0.4 is 10.7 Å². The molecule has 1 saturated heterocycles. The second-order valence-electron chi connectivity index (χ2n) is 5.31. The first-order valence-corrected chi connectivity index (χ1v) is 9.29. The van der Waals surface area contributed by atoms with Crippen molar-refractivity contribution >= 4 is 52.3 Å². The Morgan fingerprint density at radius 1 is 1.58 bits per heavy atom. The van der Waals surface area contributed by atoms with Crippen molar-refractivity contribution in [1.82, 2.24) is 10.4 Å². The van der Waals surface area contributed by atoms with Crippen LogP contribution in [-0.2, 0) is 4.79 Å². The molecule has 0 aromatic heterocycles. The minimum Gasteiger partial charge on any atom is -0.480 e. The lowest BCUT2D eigenvalue weighted by Crippen LogP contribution is -2.48. The summed E-state index contributed by atoms with van der Waals surface area (Å²) >= 11 is 12.4. The van der Waals surface area contributed by atoms with Crippen molar-refractivity contribution in [3.63, 3.8) is 0 Å². The van der Waals surface area contributed by atoms with Gasteiger partial charge in [-0.1, -0.05) is 18.5 Å². The maximum absolute atomic E-state index is 14.2. The molecule has 0 bridgehead atoms. The average molecular weight is 392 g/mol. The Labute approximate surface area is 154 Å². The van der Waals surface area contributed by atoms with Crippen LogP contribution in [-0.4, -0.2) is 39.5 Å². The quantitative estimate of drug-likeness (QED) is 0.522. The summed E-state index contributed by atoms with van der Waals surface area (Å²) in [4.78, 5) is 11.7. The fourth-order valence-electron chi connectivity index (χ4n) is 2.22. The molecule has 1 aromatic carbocycles. The van der Waals surface area contributed by atoms with E-state index in [1.54, 1.807) is 11.9 Å². The lowest BCUT2D eigenvalue weighted by atomic mass is 10.3. The third-order valence-corrected chi connectivity index (χ3v) is 5.69. The molecule has 0 aliphatic carbocycles. The van der Waals surface area contributed by atoms with Crippen molar-refractivity contribution in [2.45, 2.75) is 36.3 Å². The van der Waals surface area contributed by atoms with Gasteiger partial charge >= 0.3 is 5.97 Å². The van der Waals surface area contributed by atoms with Crippen molar-refractivity contribution < 1.29 is 14.3 Å². The molecule has 3 N–H and O–H groups in total. The number of carboxylic acid groups (broad SMARTS) is 1. The Balaban J connectivity index is 2.16. The van der Waals surface area contributed by atoms with E-state index in [0.29, 0.717) is 16.4 Å². The number of hydrogen-bond donors (Lipinski definition) is 3. The predicted molar refractivity (Wildman–Crippen MR) is 99.1 cm³/mol. The summed E-state index contributed by atoms with van der Waals surface area (Å²) in [5.74, 6) is -1.46. The van der Waals surface area contributed by atoms with Crippen LogP contribution in [0.15, 0.2) is 17.0 Å². The molecule has 24 heavy (non-hydrogen) atoms. The van der Waals surface area contributed by atoms with Crippen LogP contribution >= 0.6 is 35.6 Å². The number of hydrazine groups is 1. The monoisotopic (exact) mass is 391 g/mol. The summed E-state index contributed by atoms with van der Waals surface area (Å²) in [6, 6.07) is 2.68. The lowest BCUT2D eigenvalue weighted by Gasteiger charge is -2.30. The first-order valence-electron chi connectivity index (χ1n) is 7.63. The number of hydrogen-bond acceptors (Lipinski definition) is 4. The third kappa shape index (κ3) is 4.95. The van der Waals surface area contributed by atoms with Crippen molar-refractivity contribution in [2.24, 2.45) is 0 Å². The van der Waals surface area contributed by atoms with Crippen LogP contribution in [0, 0.1) is 5.82 Å². The number of nitrogens with zero attached hydrogens (tertiary/aromatic N) is 1. The molecule has 1 aliphatic heterocycles. The minimum absolute atomic E-state index is 0.180. The highest BCUT2D eigenvalue weighted by atomic mass is 35.5. The zero-order valence-electron chi connectivity index (χ0n) is 13.1. The van der Waals surface area contributed by atoms with Gasteiger partial charge in [0.15, 0.2) is 5.11 Å². The summed E-state index contributed by atoms with van der Waals surface area (Å²) < 4.78 is 14.2. The fourth-order valence-corrected chi connectivity index (χ4v) is 3.70. The van der Waals surface area contributed by atoms with E-state index in [9.17, 15) is 14.3 Å². The van der Waals surface area contributed by atoms with Gasteiger partial charge in [0.25, 0.3) is 0 Å². The van der Waals surface area contributed by atoms with Crippen molar-refractivity contribution in [1.29, 1.82) is 0 Å². The number of rotatable bonds is 5. The van der Waals surface area contributed by atoms with E-state index < -0.39 is 17.0 Å². The first-order chi connectivity index (χ1) is 11.4. The van der Waals surface area contributed by atoms with Crippen LogP contribution in [0.2, 0.25) is 5.02 Å². The molecule has 1 fully saturated rings. The van der Waals surface area contributed by atoms with E-state index in [4.69, 9.17) is 23.8 Å². The van der Waals surface area contributed by atoms with Crippen LogP contribution in [0.5, 0.6) is 0 Å². The SMILES string of the molecule is CCC(Sc1cc(NC(=S)N2CCCCN2)c(F)cc1Cl)C(=O)O. The molecule has 5 nitrogen and oxygen atoms in total. The van der Waals surface area contributed by atoms with Gasteiger partial charge < -0.3 is 10.4 Å². The van der Waals surface area contributed by atoms with E-state index in [0.717, 1.165) is 37.7 Å². The molecule has 1 atom stereocenters. The predicted octanol–water partition coefficient (Wildman–Crippen LogP) is 3.73. The Hall–Kier alpha value is -1.09. The van der Waals surface area contributed by atoms with E-state index >= 15 is 0 Å². The number of thiocarbonyl (C=S) groups is 1. The number of carbonyl (C=O) groups is 1. The van der Waals surface area contributed by atoms with Crippen LogP contribution in [0.4, 0.5) is 10.1 Å². The standard InChI is InChI=1S/C15H19ClFN3O2S2/c1-2-12(14(21)22)24-13-8-11(10(17)7-9(13)16)19-15(23)20-6-4-3-5-18-20/h7-8,12,18H,2-6H2,1H3,(H,19,23)(H,21,22).